The van der Waals surface area contributed by atoms with Crippen molar-refractivity contribution in [1.82, 2.24) is 10.2 Å². The number of ether oxygens (including phenoxy) is 1. The fourth-order valence-electron chi connectivity index (χ4n) is 3.51. The summed E-state index contributed by atoms with van der Waals surface area (Å²) in [5, 5.41) is 11.7. The fourth-order valence-corrected chi connectivity index (χ4v) is 3.51. The van der Waals surface area contributed by atoms with Crippen molar-refractivity contribution in [2.24, 2.45) is 0 Å². The van der Waals surface area contributed by atoms with E-state index in [2.05, 4.69) is 20.4 Å². The van der Waals surface area contributed by atoms with Gasteiger partial charge in [0, 0.05) is 24.3 Å². The van der Waals surface area contributed by atoms with Gasteiger partial charge in [-0.15, -0.1) is 10.2 Å². The van der Waals surface area contributed by atoms with Crippen molar-refractivity contribution in [3.8, 4) is 17.0 Å². The molecule has 2 aromatic carbocycles. The number of nitrogens with one attached hydrogen (secondary N) is 1. The van der Waals surface area contributed by atoms with E-state index in [4.69, 9.17) is 4.74 Å². The second-order valence-corrected chi connectivity index (χ2v) is 7.56. The van der Waals surface area contributed by atoms with E-state index in [1.54, 1.807) is 0 Å². The van der Waals surface area contributed by atoms with Gasteiger partial charge in [0.15, 0.2) is 12.4 Å². The molecule has 154 valence electrons. The maximum atomic E-state index is 12.3. The number of aromatic nitrogens is 2. The third kappa shape index (κ3) is 5.14. The van der Waals surface area contributed by atoms with Crippen LogP contribution < -0.4 is 15.0 Å². The first-order chi connectivity index (χ1) is 14.7. The Hall–Kier alpha value is -3.41. The van der Waals surface area contributed by atoms with E-state index >= 15 is 0 Å². The lowest BCUT2D eigenvalue weighted by Crippen LogP contribution is -2.30. The number of hydrogen-bond donors (Lipinski definition) is 1. The van der Waals surface area contributed by atoms with Crippen LogP contribution in [0.15, 0.2) is 60.7 Å². The molecule has 1 aromatic heterocycles. The monoisotopic (exact) mass is 402 g/mol. The highest BCUT2D eigenvalue weighted by Gasteiger charge is 2.13. The Bertz CT molecular complexity index is 981. The second-order valence-electron chi connectivity index (χ2n) is 7.56. The van der Waals surface area contributed by atoms with Crippen LogP contribution in [-0.2, 0) is 4.79 Å². The number of carbonyl (C=O) groups is 1. The van der Waals surface area contributed by atoms with E-state index in [1.165, 1.54) is 19.3 Å². The summed E-state index contributed by atoms with van der Waals surface area (Å²) in [5.74, 6) is 1.39. The average molecular weight is 402 g/mol. The molecule has 2 heterocycles. The predicted molar refractivity (Wildman–Crippen MR) is 119 cm³/mol. The van der Waals surface area contributed by atoms with Crippen LogP contribution >= 0.6 is 0 Å². The predicted octanol–water partition coefficient (Wildman–Crippen LogP) is 4.46. The standard InChI is InChI=1S/C24H26N4O2/c1-18-8-10-21(11-9-18)30-17-24(29)25-20-7-5-6-19(16-20)22-12-13-23(27-26-22)28-14-3-2-4-15-28/h5-13,16H,2-4,14-15,17H2,1H3,(H,25,29). The maximum Gasteiger partial charge on any atom is 0.262 e. The molecule has 1 saturated heterocycles. The minimum absolute atomic E-state index is 0.0440. The summed E-state index contributed by atoms with van der Waals surface area (Å²) in [6.45, 7) is 4.05. The van der Waals surface area contributed by atoms with E-state index in [0.29, 0.717) is 11.4 Å². The van der Waals surface area contributed by atoms with Gasteiger partial charge in [-0.1, -0.05) is 29.8 Å². The van der Waals surface area contributed by atoms with E-state index in [9.17, 15) is 4.79 Å². The Labute approximate surface area is 176 Å². The van der Waals surface area contributed by atoms with Gasteiger partial charge in [0.05, 0.1) is 5.69 Å². The van der Waals surface area contributed by atoms with Crippen molar-refractivity contribution < 1.29 is 9.53 Å². The number of piperidine rings is 1. The smallest absolute Gasteiger partial charge is 0.262 e. The Kier molecular flexibility index (Phi) is 6.23. The lowest BCUT2D eigenvalue weighted by atomic mass is 10.1. The summed E-state index contributed by atoms with van der Waals surface area (Å²) in [5.41, 5.74) is 3.54. The first-order valence-corrected chi connectivity index (χ1v) is 10.4. The quantitative estimate of drug-likeness (QED) is 0.659. The van der Waals surface area contributed by atoms with Gasteiger partial charge >= 0.3 is 0 Å². The number of amides is 1. The zero-order chi connectivity index (χ0) is 20.8. The first kappa shape index (κ1) is 19.9. The molecule has 0 atom stereocenters. The zero-order valence-corrected chi connectivity index (χ0v) is 17.2. The van der Waals surface area contributed by atoms with Crippen LogP contribution in [-0.4, -0.2) is 35.8 Å². The SMILES string of the molecule is Cc1ccc(OCC(=O)Nc2cccc(-c3ccc(N4CCCCC4)nn3)c2)cc1. The molecule has 1 N–H and O–H groups in total. The van der Waals surface area contributed by atoms with E-state index in [0.717, 1.165) is 35.7 Å². The molecular formula is C24H26N4O2. The number of anilines is 2. The zero-order valence-electron chi connectivity index (χ0n) is 17.2. The van der Waals surface area contributed by atoms with Crippen molar-refractivity contribution in [3.63, 3.8) is 0 Å². The van der Waals surface area contributed by atoms with Crippen LogP contribution in [0.4, 0.5) is 11.5 Å². The summed E-state index contributed by atoms with van der Waals surface area (Å²) >= 11 is 0. The minimum atomic E-state index is -0.209. The van der Waals surface area contributed by atoms with Crippen molar-refractivity contribution in [1.29, 1.82) is 0 Å². The molecule has 1 amide bonds. The van der Waals surface area contributed by atoms with E-state index in [1.807, 2.05) is 67.6 Å². The Morgan fingerprint density at radius 2 is 1.80 bits per heavy atom. The molecule has 30 heavy (non-hydrogen) atoms. The molecule has 1 fully saturated rings. The molecule has 0 radical (unpaired) electrons. The molecule has 0 bridgehead atoms. The highest BCUT2D eigenvalue weighted by Crippen LogP contribution is 2.23. The van der Waals surface area contributed by atoms with Gasteiger partial charge in [-0.05, 0) is 62.6 Å². The minimum Gasteiger partial charge on any atom is -0.484 e. The molecule has 1 aliphatic rings. The van der Waals surface area contributed by atoms with Gasteiger partial charge in [-0.2, -0.15) is 0 Å². The summed E-state index contributed by atoms with van der Waals surface area (Å²) in [4.78, 5) is 14.5. The first-order valence-electron chi connectivity index (χ1n) is 10.4. The topological polar surface area (TPSA) is 67.3 Å². The highest BCUT2D eigenvalue weighted by molar-refractivity contribution is 5.92. The average Bonchev–Trinajstić information content (AvgIpc) is 2.80. The Morgan fingerprint density at radius 3 is 2.53 bits per heavy atom. The molecule has 0 aliphatic carbocycles. The number of benzene rings is 2. The van der Waals surface area contributed by atoms with Crippen LogP contribution in [0, 0.1) is 6.92 Å². The van der Waals surface area contributed by atoms with Crippen LogP contribution in [0.25, 0.3) is 11.3 Å². The number of hydrogen-bond acceptors (Lipinski definition) is 5. The van der Waals surface area contributed by atoms with Crippen molar-refractivity contribution >= 4 is 17.4 Å². The largest absolute Gasteiger partial charge is 0.484 e. The molecule has 0 saturated carbocycles. The third-order valence-electron chi connectivity index (χ3n) is 5.16. The number of carbonyl (C=O) groups excluding carboxylic acids is 1. The molecule has 6 heteroatoms. The normalized spacial score (nSPS) is 13.7. The maximum absolute atomic E-state index is 12.3. The Morgan fingerprint density at radius 1 is 1.00 bits per heavy atom. The molecule has 6 nitrogen and oxygen atoms in total. The van der Waals surface area contributed by atoms with Gasteiger partial charge in [0.25, 0.3) is 5.91 Å². The van der Waals surface area contributed by atoms with Crippen molar-refractivity contribution in [2.45, 2.75) is 26.2 Å². The van der Waals surface area contributed by atoms with Gasteiger partial charge in [-0.3, -0.25) is 4.79 Å². The van der Waals surface area contributed by atoms with Crippen molar-refractivity contribution in [2.75, 3.05) is 29.9 Å². The molecule has 1 aliphatic heterocycles. The van der Waals surface area contributed by atoms with Gasteiger partial charge in [-0.25, -0.2) is 0 Å². The van der Waals surface area contributed by atoms with E-state index < -0.39 is 0 Å². The number of rotatable bonds is 6. The second kappa shape index (κ2) is 9.39. The summed E-state index contributed by atoms with van der Waals surface area (Å²) in [7, 11) is 0. The van der Waals surface area contributed by atoms with Crippen LogP contribution in [0.3, 0.4) is 0 Å². The van der Waals surface area contributed by atoms with E-state index in [-0.39, 0.29) is 12.5 Å². The third-order valence-corrected chi connectivity index (χ3v) is 5.16. The molecule has 4 rings (SSSR count). The molecule has 0 spiro atoms. The van der Waals surface area contributed by atoms with Crippen LogP contribution in [0.5, 0.6) is 5.75 Å². The molecule has 3 aromatic rings. The lowest BCUT2D eigenvalue weighted by molar-refractivity contribution is -0.118. The van der Waals surface area contributed by atoms with Crippen molar-refractivity contribution in [3.05, 3.63) is 66.2 Å². The summed E-state index contributed by atoms with van der Waals surface area (Å²) in [6.07, 6.45) is 3.70. The number of nitrogens with zero attached hydrogens (tertiary/aromatic N) is 3. The van der Waals surface area contributed by atoms with Gasteiger partial charge < -0.3 is 15.0 Å². The van der Waals surface area contributed by atoms with Gasteiger partial charge in [0.2, 0.25) is 0 Å². The molecular weight excluding hydrogens is 376 g/mol. The highest BCUT2D eigenvalue weighted by atomic mass is 16.5. The lowest BCUT2D eigenvalue weighted by Gasteiger charge is -2.27. The van der Waals surface area contributed by atoms with Gasteiger partial charge in [0.1, 0.15) is 5.75 Å². The number of aryl methyl sites for hydroxylation is 1. The molecule has 0 unspecified atom stereocenters. The summed E-state index contributed by atoms with van der Waals surface area (Å²) < 4.78 is 5.54. The van der Waals surface area contributed by atoms with Crippen LogP contribution in [0.2, 0.25) is 0 Å². The Balaban J connectivity index is 1.37. The fraction of sp³-hybridized carbons (Fsp3) is 0.292. The summed E-state index contributed by atoms with van der Waals surface area (Å²) in [6, 6.07) is 19.2. The van der Waals surface area contributed by atoms with Crippen LogP contribution in [0.1, 0.15) is 24.8 Å².